The maximum Gasteiger partial charge on any atom is 0.417 e. The van der Waals surface area contributed by atoms with Crippen LogP contribution in [0.15, 0.2) is 42.5 Å². The van der Waals surface area contributed by atoms with Crippen molar-refractivity contribution in [3.05, 3.63) is 58.9 Å². The van der Waals surface area contributed by atoms with E-state index in [9.17, 15) is 36.2 Å². The van der Waals surface area contributed by atoms with E-state index in [0.717, 1.165) is 29.2 Å². The Hall–Kier alpha value is -2.99. The third-order valence-electron chi connectivity index (χ3n) is 4.77. The molecule has 0 bridgehead atoms. The van der Waals surface area contributed by atoms with Crippen LogP contribution in [0.5, 0.6) is 0 Å². The molecule has 0 saturated carbocycles. The SMILES string of the molecule is C[C@@H](C(=O)NC(C)(C)C)N(C(=O)C[S@@](=O)CC(=O)Nc1ccc(F)cc1)c1ccc(Cl)c(C(F)(F)F)c1. The van der Waals surface area contributed by atoms with Crippen LogP contribution >= 0.6 is 11.6 Å². The van der Waals surface area contributed by atoms with E-state index in [1.165, 1.54) is 19.1 Å². The Labute approximate surface area is 219 Å². The van der Waals surface area contributed by atoms with E-state index in [-0.39, 0.29) is 11.4 Å². The van der Waals surface area contributed by atoms with Gasteiger partial charge in [0.05, 0.1) is 10.6 Å². The molecule has 0 aliphatic carbocycles. The van der Waals surface area contributed by atoms with Crippen molar-refractivity contribution in [1.82, 2.24) is 5.32 Å². The standard InChI is InChI=1S/C24H26ClF4N3O4S/c1-14(22(35)31-23(2,3)4)32(17-9-10-19(25)18(11-17)24(27,28)29)21(34)13-37(36)12-20(33)30-16-7-5-15(26)6-8-16/h5-11,14H,12-13H2,1-4H3,(H,30,33)(H,31,35)/t14-,37-/m0/s1. The number of amides is 3. The van der Waals surface area contributed by atoms with E-state index in [0.29, 0.717) is 6.07 Å². The van der Waals surface area contributed by atoms with Crippen molar-refractivity contribution in [3.8, 4) is 0 Å². The smallest absolute Gasteiger partial charge is 0.350 e. The highest BCUT2D eigenvalue weighted by Gasteiger charge is 2.36. The van der Waals surface area contributed by atoms with Gasteiger partial charge in [-0.2, -0.15) is 13.2 Å². The van der Waals surface area contributed by atoms with Gasteiger partial charge in [0.15, 0.2) is 0 Å². The highest BCUT2D eigenvalue weighted by Crippen LogP contribution is 2.37. The normalized spacial score (nSPS) is 13.4. The van der Waals surface area contributed by atoms with Crippen LogP contribution < -0.4 is 15.5 Å². The minimum absolute atomic E-state index is 0.240. The molecule has 3 amide bonds. The number of alkyl halides is 3. The summed E-state index contributed by atoms with van der Waals surface area (Å²) >= 11 is 5.69. The molecule has 7 nitrogen and oxygen atoms in total. The molecule has 0 heterocycles. The van der Waals surface area contributed by atoms with Crippen molar-refractivity contribution < 1.29 is 36.2 Å². The van der Waals surface area contributed by atoms with Crippen molar-refractivity contribution in [2.24, 2.45) is 0 Å². The highest BCUT2D eigenvalue weighted by molar-refractivity contribution is 7.86. The van der Waals surface area contributed by atoms with Gasteiger partial charge in [0, 0.05) is 27.7 Å². The average molecular weight is 564 g/mol. The van der Waals surface area contributed by atoms with Crippen molar-refractivity contribution in [2.75, 3.05) is 21.7 Å². The van der Waals surface area contributed by atoms with Crippen molar-refractivity contribution in [2.45, 2.75) is 45.5 Å². The van der Waals surface area contributed by atoms with E-state index in [4.69, 9.17) is 11.6 Å². The number of rotatable bonds is 8. The molecule has 202 valence electrons. The number of hydrogen-bond acceptors (Lipinski definition) is 4. The summed E-state index contributed by atoms with van der Waals surface area (Å²) in [5, 5.41) is 4.45. The molecule has 0 aliphatic heterocycles. The lowest BCUT2D eigenvalue weighted by molar-refractivity contribution is -0.137. The molecule has 0 spiro atoms. The molecule has 0 fully saturated rings. The van der Waals surface area contributed by atoms with Crippen LogP contribution in [-0.2, 0) is 31.4 Å². The zero-order chi connectivity index (χ0) is 28.1. The molecular weight excluding hydrogens is 538 g/mol. The van der Waals surface area contributed by atoms with Crippen LogP contribution in [0.3, 0.4) is 0 Å². The molecule has 0 aliphatic rings. The Bertz CT molecular complexity index is 1180. The molecule has 2 aromatic carbocycles. The second kappa shape index (κ2) is 12.0. The van der Waals surface area contributed by atoms with Crippen LogP contribution in [0.1, 0.15) is 33.3 Å². The summed E-state index contributed by atoms with van der Waals surface area (Å²) in [6.07, 6.45) is -4.83. The summed E-state index contributed by atoms with van der Waals surface area (Å²) < 4.78 is 66.0. The quantitative estimate of drug-likeness (QED) is 0.462. The Balaban J connectivity index is 2.29. The van der Waals surface area contributed by atoms with E-state index in [2.05, 4.69) is 10.6 Å². The van der Waals surface area contributed by atoms with Crippen molar-refractivity contribution >= 4 is 51.5 Å². The summed E-state index contributed by atoms with van der Waals surface area (Å²) in [6.45, 7) is 6.36. The molecular formula is C24H26ClF4N3O4S. The molecule has 2 atom stereocenters. The van der Waals surface area contributed by atoms with Gasteiger partial charge in [-0.25, -0.2) is 4.39 Å². The van der Waals surface area contributed by atoms with Gasteiger partial charge < -0.3 is 10.6 Å². The van der Waals surface area contributed by atoms with Gasteiger partial charge in [0.1, 0.15) is 23.4 Å². The summed E-state index contributed by atoms with van der Waals surface area (Å²) in [5.41, 5.74) is -1.97. The maximum absolute atomic E-state index is 13.4. The minimum Gasteiger partial charge on any atom is -0.350 e. The largest absolute Gasteiger partial charge is 0.417 e. The van der Waals surface area contributed by atoms with Crippen molar-refractivity contribution in [3.63, 3.8) is 0 Å². The predicted molar refractivity (Wildman–Crippen MR) is 134 cm³/mol. The Morgan fingerprint density at radius 3 is 2.16 bits per heavy atom. The third kappa shape index (κ3) is 9.12. The molecule has 2 N–H and O–H groups in total. The number of carbonyl (C=O) groups is 3. The number of halogens is 5. The number of benzene rings is 2. The van der Waals surface area contributed by atoms with E-state index in [1.807, 2.05) is 0 Å². The average Bonchev–Trinajstić information content (AvgIpc) is 2.74. The van der Waals surface area contributed by atoms with Gasteiger partial charge in [-0.3, -0.25) is 23.5 Å². The number of carbonyl (C=O) groups excluding carboxylic acids is 3. The number of hydrogen-bond donors (Lipinski definition) is 2. The van der Waals surface area contributed by atoms with Crippen LogP contribution in [0.25, 0.3) is 0 Å². The molecule has 0 aromatic heterocycles. The van der Waals surface area contributed by atoms with Crippen LogP contribution in [0.2, 0.25) is 5.02 Å². The number of anilines is 2. The Morgan fingerprint density at radius 1 is 1.03 bits per heavy atom. The molecule has 2 aromatic rings. The zero-order valence-corrected chi connectivity index (χ0v) is 22.0. The summed E-state index contributed by atoms with van der Waals surface area (Å²) in [5.74, 6) is -4.23. The first-order chi connectivity index (χ1) is 17.0. The summed E-state index contributed by atoms with van der Waals surface area (Å²) in [4.78, 5) is 38.9. The third-order valence-corrected chi connectivity index (χ3v) is 6.25. The van der Waals surface area contributed by atoms with Crippen LogP contribution in [-0.4, -0.2) is 45.0 Å². The zero-order valence-electron chi connectivity index (χ0n) is 20.4. The molecule has 0 saturated heterocycles. The van der Waals surface area contributed by atoms with Crippen LogP contribution in [0.4, 0.5) is 28.9 Å². The predicted octanol–water partition coefficient (Wildman–Crippen LogP) is 4.52. The minimum atomic E-state index is -4.83. The first kappa shape index (κ1) is 30.2. The lowest BCUT2D eigenvalue weighted by Gasteiger charge is -2.31. The second-order valence-corrected chi connectivity index (χ2v) is 11.0. The Kier molecular flexibility index (Phi) is 9.84. The van der Waals surface area contributed by atoms with E-state index < -0.39 is 74.2 Å². The molecule has 0 radical (unpaired) electrons. The second-order valence-electron chi connectivity index (χ2n) is 9.12. The van der Waals surface area contributed by atoms with Gasteiger partial charge >= 0.3 is 6.18 Å². The van der Waals surface area contributed by atoms with Gasteiger partial charge in [-0.1, -0.05) is 11.6 Å². The maximum atomic E-state index is 13.4. The van der Waals surface area contributed by atoms with Gasteiger partial charge in [0.2, 0.25) is 17.7 Å². The fourth-order valence-electron chi connectivity index (χ4n) is 3.19. The molecule has 0 unspecified atom stereocenters. The topological polar surface area (TPSA) is 95.6 Å². The molecule has 37 heavy (non-hydrogen) atoms. The van der Waals surface area contributed by atoms with Gasteiger partial charge in [0.25, 0.3) is 0 Å². The first-order valence-corrected chi connectivity index (χ1v) is 12.8. The first-order valence-electron chi connectivity index (χ1n) is 10.9. The monoisotopic (exact) mass is 563 g/mol. The molecule has 13 heteroatoms. The number of nitrogens with zero attached hydrogens (tertiary/aromatic N) is 1. The fourth-order valence-corrected chi connectivity index (χ4v) is 4.30. The van der Waals surface area contributed by atoms with Crippen molar-refractivity contribution in [1.29, 1.82) is 0 Å². The highest BCUT2D eigenvalue weighted by atomic mass is 35.5. The lowest BCUT2D eigenvalue weighted by Crippen LogP contribution is -2.53. The van der Waals surface area contributed by atoms with E-state index in [1.54, 1.807) is 20.8 Å². The Morgan fingerprint density at radius 2 is 1.62 bits per heavy atom. The van der Waals surface area contributed by atoms with Crippen LogP contribution in [0, 0.1) is 5.82 Å². The van der Waals surface area contributed by atoms with E-state index >= 15 is 0 Å². The van der Waals surface area contributed by atoms with Gasteiger partial charge in [-0.15, -0.1) is 0 Å². The summed E-state index contributed by atoms with van der Waals surface area (Å²) in [6, 6.07) is 6.22. The van der Waals surface area contributed by atoms with Gasteiger partial charge in [-0.05, 0) is 70.2 Å². The lowest BCUT2D eigenvalue weighted by atomic mass is 10.1. The fraction of sp³-hybridized carbons (Fsp3) is 0.375. The molecule has 2 rings (SSSR count). The summed E-state index contributed by atoms with van der Waals surface area (Å²) in [7, 11) is -2.09. The number of nitrogens with one attached hydrogen (secondary N) is 2.